The molecule has 37 heavy (non-hydrogen) atoms. The standard InChI is InChI=1S/C28H23NO8/c1-33-19-4-2-3-17(12-19)25-24(26(30)18-6-8-20-23(13-18)35-10-9-34-20)27(31)28(32)29(25)14-16-5-7-21-22(11-16)37-15-36-21/h2-8,11-13,25,30H,9-10,14-15H2,1H3/b26-24-. The molecule has 9 heteroatoms. The summed E-state index contributed by atoms with van der Waals surface area (Å²) in [6, 6.07) is 16.5. The first-order valence-corrected chi connectivity index (χ1v) is 11.7. The van der Waals surface area contributed by atoms with E-state index < -0.39 is 17.7 Å². The molecule has 0 radical (unpaired) electrons. The van der Waals surface area contributed by atoms with E-state index in [0.29, 0.717) is 53.1 Å². The summed E-state index contributed by atoms with van der Waals surface area (Å²) in [6.45, 7) is 1.05. The van der Waals surface area contributed by atoms with Crippen molar-refractivity contribution in [2.75, 3.05) is 27.1 Å². The lowest BCUT2D eigenvalue weighted by atomic mass is 9.94. The van der Waals surface area contributed by atoms with Crippen molar-refractivity contribution in [3.05, 3.63) is 82.9 Å². The van der Waals surface area contributed by atoms with Gasteiger partial charge < -0.3 is 33.7 Å². The second-order valence-electron chi connectivity index (χ2n) is 8.75. The molecular weight excluding hydrogens is 478 g/mol. The third kappa shape index (κ3) is 3.98. The van der Waals surface area contributed by atoms with Crippen LogP contribution < -0.4 is 23.7 Å². The molecule has 1 saturated heterocycles. The zero-order valence-electron chi connectivity index (χ0n) is 19.9. The summed E-state index contributed by atoms with van der Waals surface area (Å²) < 4.78 is 27.5. The molecule has 0 aromatic heterocycles. The number of nitrogens with zero attached hydrogens (tertiary/aromatic N) is 1. The number of ether oxygens (including phenoxy) is 5. The van der Waals surface area contributed by atoms with Crippen LogP contribution in [0, 0.1) is 0 Å². The number of rotatable bonds is 5. The van der Waals surface area contributed by atoms with Crippen LogP contribution in [0.3, 0.4) is 0 Å². The number of ketones is 1. The topological polar surface area (TPSA) is 104 Å². The molecule has 3 heterocycles. The minimum Gasteiger partial charge on any atom is -0.507 e. The molecule has 0 aliphatic carbocycles. The van der Waals surface area contributed by atoms with Crippen molar-refractivity contribution in [3.63, 3.8) is 0 Å². The third-order valence-corrected chi connectivity index (χ3v) is 6.56. The van der Waals surface area contributed by atoms with Crippen molar-refractivity contribution in [1.82, 2.24) is 4.90 Å². The van der Waals surface area contributed by atoms with Gasteiger partial charge in [-0.1, -0.05) is 18.2 Å². The number of carbonyl (C=O) groups excluding carboxylic acids is 2. The molecule has 1 fully saturated rings. The van der Waals surface area contributed by atoms with Gasteiger partial charge in [0.25, 0.3) is 11.7 Å². The summed E-state index contributed by atoms with van der Waals surface area (Å²) in [4.78, 5) is 28.2. The maximum atomic E-state index is 13.4. The Morgan fingerprint density at radius 1 is 0.919 bits per heavy atom. The highest BCUT2D eigenvalue weighted by Crippen LogP contribution is 2.43. The van der Waals surface area contributed by atoms with E-state index in [2.05, 4.69) is 0 Å². The Labute approximate surface area is 212 Å². The van der Waals surface area contributed by atoms with Gasteiger partial charge in [-0.2, -0.15) is 0 Å². The van der Waals surface area contributed by atoms with Crippen molar-refractivity contribution in [1.29, 1.82) is 0 Å². The number of carbonyl (C=O) groups is 2. The normalized spacial score (nSPS) is 19.3. The van der Waals surface area contributed by atoms with E-state index in [1.807, 2.05) is 6.07 Å². The molecule has 3 aliphatic heterocycles. The van der Waals surface area contributed by atoms with Crippen molar-refractivity contribution in [2.24, 2.45) is 0 Å². The predicted octanol–water partition coefficient (Wildman–Crippen LogP) is 3.82. The number of hydrogen-bond acceptors (Lipinski definition) is 8. The highest BCUT2D eigenvalue weighted by atomic mass is 16.7. The van der Waals surface area contributed by atoms with E-state index in [0.717, 1.165) is 5.56 Å². The SMILES string of the molecule is COc1cccc(C2/C(=C(/O)c3ccc4c(c3)OCCO4)C(=O)C(=O)N2Cc2ccc3c(c2)OCO3)c1. The van der Waals surface area contributed by atoms with E-state index in [1.54, 1.807) is 54.6 Å². The Morgan fingerprint density at radius 3 is 2.49 bits per heavy atom. The summed E-state index contributed by atoms with van der Waals surface area (Å²) in [5.41, 5.74) is 1.70. The monoisotopic (exact) mass is 501 g/mol. The smallest absolute Gasteiger partial charge is 0.295 e. The second kappa shape index (κ2) is 9.09. The fourth-order valence-electron chi connectivity index (χ4n) is 4.78. The van der Waals surface area contributed by atoms with Crippen molar-refractivity contribution < 1.29 is 38.4 Å². The number of methoxy groups -OCH3 is 1. The first-order valence-electron chi connectivity index (χ1n) is 11.7. The Morgan fingerprint density at radius 2 is 1.65 bits per heavy atom. The van der Waals surface area contributed by atoms with Gasteiger partial charge in [0, 0.05) is 12.1 Å². The fraction of sp³-hybridized carbons (Fsp3) is 0.214. The number of hydrogen-bond donors (Lipinski definition) is 1. The Kier molecular flexibility index (Phi) is 5.60. The van der Waals surface area contributed by atoms with Crippen molar-refractivity contribution in [2.45, 2.75) is 12.6 Å². The van der Waals surface area contributed by atoms with E-state index >= 15 is 0 Å². The molecule has 0 spiro atoms. The van der Waals surface area contributed by atoms with Crippen LogP contribution in [0.4, 0.5) is 0 Å². The Hall–Kier alpha value is -4.66. The van der Waals surface area contributed by atoms with Gasteiger partial charge in [0.2, 0.25) is 6.79 Å². The van der Waals surface area contributed by atoms with Gasteiger partial charge in [-0.25, -0.2) is 0 Å². The number of amides is 1. The third-order valence-electron chi connectivity index (χ3n) is 6.56. The molecule has 1 atom stereocenters. The number of benzene rings is 3. The number of aliphatic hydroxyl groups excluding tert-OH is 1. The van der Waals surface area contributed by atoms with Crippen LogP contribution in [0.5, 0.6) is 28.7 Å². The van der Waals surface area contributed by atoms with Crippen LogP contribution in [-0.2, 0) is 16.1 Å². The van der Waals surface area contributed by atoms with Gasteiger partial charge in [-0.3, -0.25) is 9.59 Å². The van der Waals surface area contributed by atoms with Gasteiger partial charge in [-0.15, -0.1) is 0 Å². The average molecular weight is 501 g/mol. The highest BCUT2D eigenvalue weighted by Gasteiger charge is 2.46. The molecular formula is C28H23NO8. The molecule has 1 amide bonds. The number of aliphatic hydroxyl groups is 1. The lowest BCUT2D eigenvalue weighted by Gasteiger charge is -2.26. The number of fused-ring (bicyclic) bond motifs is 2. The Bertz CT molecular complexity index is 1450. The van der Waals surface area contributed by atoms with Gasteiger partial charge in [0.15, 0.2) is 23.0 Å². The van der Waals surface area contributed by atoms with E-state index in [1.165, 1.54) is 12.0 Å². The first-order chi connectivity index (χ1) is 18.0. The van der Waals surface area contributed by atoms with Crippen LogP contribution in [0.2, 0.25) is 0 Å². The molecule has 1 unspecified atom stereocenters. The average Bonchev–Trinajstić information content (AvgIpc) is 3.50. The van der Waals surface area contributed by atoms with Gasteiger partial charge in [-0.05, 0) is 53.6 Å². The lowest BCUT2D eigenvalue weighted by Crippen LogP contribution is -2.29. The molecule has 1 N–H and O–H groups in total. The molecule has 9 nitrogen and oxygen atoms in total. The summed E-state index contributed by atoms with van der Waals surface area (Å²) >= 11 is 0. The second-order valence-corrected chi connectivity index (χ2v) is 8.75. The van der Waals surface area contributed by atoms with E-state index in [-0.39, 0.29) is 24.7 Å². The molecule has 6 rings (SSSR count). The number of likely N-dealkylation sites (tertiary alicyclic amines) is 1. The largest absolute Gasteiger partial charge is 0.507 e. The van der Waals surface area contributed by atoms with Crippen LogP contribution in [0.15, 0.2) is 66.2 Å². The van der Waals surface area contributed by atoms with Crippen molar-refractivity contribution >= 4 is 17.4 Å². The van der Waals surface area contributed by atoms with Crippen LogP contribution >= 0.6 is 0 Å². The van der Waals surface area contributed by atoms with Gasteiger partial charge in [0.1, 0.15) is 24.7 Å². The number of Topliss-reactive ketones (excluding diaryl/α,β-unsaturated/α-hetero) is 1. The summed E-state index contributed by atoms with van der Waals surface area (Å²) in [6.07, 6.45) is 0. The molecule has 3 aromatic carbocycles. The minimum absolute atomic E-state index is 0.0179. The lowest BCUT2D eigenvalue weighted by molar-refractivity contribution is -0.140. The molecule has 3 aromatic rings. The summed E-state index contributed by atoms with van der Waals surface area (Å²) in [7, 11) is 1.54. The maximum absolute atomic E-state index is 13.4. The van der Waals surface area contributed by atoms with Gasteiger partial charge >= 0.3 is 0 Å². The van der Waals surface area contributed by atoms with Crippen molar-refractivity contribution in [3.8, 4) is 28.7 Å². The Balaban J connectivity index is 1.46. The summed E-state index contributed by atoms with van der Waals surface area (Å²) in [5, 5.41) is 11.4. The van der Waals surface area contributed by atoms with E-state index in [4.69, 9.17) is 23.7 Å². The molecule has 0 bridgehead atoms. The zero-order chi connectivity index (χ0) is 25.5. The first kappa shape index (κ1) is 22.8. The van der Waals surface area contributed by atoms with E-state index in [9.17, 15) is 14.7 Å². The van der Waals surface area contributed by atoms with Gasteiger partial charge in [0.05, 0.1) is 18.7 Å². The zero-order valence-corrected chi connectivity index (χ0v) is 19.9. The summed E-state index contributed by atoms with van der Waals surface area (Å²) in [5.74, 6) is 0.975. The fourth-order valence-corrected chi connectivity index (χ4v) is 4.78. The van der Waals surface area contributed by atoms with Crippen LogP contribution in [-0.4, -0.2) is 48.8 Å². The van der Waals surface area contributed by atoms with Crippen LogP contribution in [0.25, 0.3) is 5.76 Å². The molecule has 3 aliphatic rings. The molecule has 188 valence electrons. The predicted molar refractivity (Wildman–Crippen MR) is 131 cm³/mol. The quantitative estimate of drug-likeness (QED) is 0.320. The minimum atomic E-state index is -0.853. The van der Waals surface area contributed by atoms with Crippen LogP contribution in [0.1, 0.15) is 22.7 Å². The maximum Gasteiger partial charge on any atom is 0.295 e. The highest BCUT2D eigenvalue weighted by molar-refractivity contribution is 6.46. The molecule has 0 saturated carbocycles.